The molecule has 2 amide bonds. The molecule has 3 rings (SSSR count). The highest BCUT2D eigenvalue weighted by Crippen LogP contribution is 2.40. The van der Waals surface area contributed by atoms with Crippen LogP contribution in [-0.2, 0) is 16.0 Å². The second kappa shape index (κ2) is 6.73. The van der Waals surface area contributed by atoms with Crippen molar-refractivity contribution in [3.05, 3.63) is 35.9 Å². The number of hydrogen-bond acceptors (Lipinski definition) is 2. The van der Waals surface area contributed by atoms with Crippen LogP contribution in [0, 0.1) is 5.41 Å². The molecule has 4 heteroatoms. The number of piperidine rings is 1. The van der Waals surface area contributed by atoms with Gasteiger partial charge in [0.25, 0.3) is 0 Å². The minimum Gasteiger partial charge on any atom is -0.342 e. The molecule has 0 saturated carbocycles. The maximum atomic E-state index is 12.9. The Kier molecular flexibility index (Phi) is 4.69. The van der Waals surface area contributed by atoms with Crippen LogP contribution in [-0.4, -0.2) is 47.8 Å². The molecule has 2 saturated heterocycles. The fraction of sp³-hybridized carbons (Fsp3) is 0.579. The first-order valence-electron chi connectivity index (χ1n) is 8.70. The van der Waals surface area contributed by atoms with Crippen molar-refractivity contribution in [2.75, 3.05) is 26.2 Å². The highest BCUT2D eigenvalue weighted by atomic mass is 16.2. The molecule has 1 atom stereocenters. The number of carbonyl (C=O) groups is 2. The molecule has 0 aliphatic carbocycles. The van der Waals surface area contributed by atoms with E-state index in [4.69, 9.17) is 0 Å². The van der Waals surface area contributed by atoms with E-state index in [9.17, 15) is 9.59 Å². The zero-order valence-corrected chi connectivity index (χ0v) is 14.0. The Balaban J connectivity index is 1.56. The number of hydrogen-bond donors (Lipinski definition) is 0. The molecule has 23 heavy (non-hydrogen) atoms. The van der Waals surface area contributed by atoms with E-state index in [2.05, 4.69) is 24.3 Å². The fourth-order valence-corrected chi connectivity index (χ4v) is 4.00. The number of rotatable bonds is 4. The van der Waals surface area contributed by atoms with Gasteiger partial charge < -0.3 is 9.80 Å². The molecule has 0 radical (unpaired) electrons. The smallest absolute Gasteiger partial charge is 0.230 e. The summed E-state index contributed by atoms with van der Waals surface area (Å²) in [6.45, 7) is 4.66. The van der Waals surface area contributed by atoms with Gasteiger partial charge in [0, 0.05) is 33.1 Å². The number of benzene rings is 1. The molecule has 1 aromatic carbocycles. The standard InChI is InChI=1S/C19H26N2O2/c1-16(22)21-14-11-19(15-21)10-6-13-20(18(19)23)12-5-9-17-7-3-2-4-8-17/h2-4,7-8H,5-6,9-15H2,1H3/t19-/m0/s1. The molecular weight excluding hydrogens is 288 g/mol. The summed E-state index contributed by atoms with van der Waals surface area (Å²) in [4.78, 5) is 28.4. The van der Waals surface area contributed by atoms with Crippen LogP contribution in [0.25, 0.3) is 0 Å². The van der Waals surface area contributed by atoms with Crippen molar-refractivity contribution in [1.29, 1.82) is 0 Å². The van der Waals surface area contributed by atoms with Crippen molar-refractivity contribution in [3.8, 4) is 0 Å². The van der Waals surface area contributed by atoms with Gasteiger partial charge in [-0.1, -0.05) is 30.3 Å². The molecule has 2 fully saturated rings. The molecule has 0 aromatic heterocycles. The van der Waals surface area contributed by atoms with Gasteiger partial charge in [0.15, 0.2) is 0 Å². The first kappa shape index (κ1) is 16.0. The van der Waals surface area contributed by atoms with Crippen LogP contribution in [0.3, 0.4) is 0 Å². The molecule has 2 heterocycles. The summed E-state index contributed by atoms with van der Waals surface area (Å²) >= 11 is 0. The zero-order chi connectivity index (χ0) is 16.3. The minimum atomic E-state index is -0.295. The topological polar surface area (TPSA) is 40.6 Å². The van der Waals surface area contributed by atoms with Crippen LogP contribution < -0.4 is 0 Å². The van der Waals surface area contributed by atoms with Gasteiger partial charge in [-0.25, -0.2) is 0 Å². The van der Waals surface area contributed by atoms with Gasteiger partial charge in [0.1, 0.15) is 0 Å². The van der Waals surface area contributed by atoms with E-state index in [1.165, 1.54) is 5.56 Å². The monoisotopic (exact) mass is 314 g/mol. The predicted molar refractivity (Wildman–Crippen MR) is 89.9 cm³/mol. The molecule has 0 bridgehead atoms. The lowest BCUT2D eigenvalue weighted by Gasteiger charge is -2.39. The van der Waals surface area contributed by atoms with Gasteiger partial charge in [-0.3, -0.25) is 9.59 Å². The first-order valence-corrected chi connectivity index (χ1v) is 8.70. The lowest BCUT2D eigenvalue weighted by molar-refractivity contribution is -0.146. The summed E-state index contributed by atoms with van der Waals surface area (Å²) in [5.41, 5.74) is 1.03. The molecule has 0 unspecified atom stereocenters. The van der Waals surface area contributed by atoms with Gasteiger partial charge in [-0.2, -0.15) is 0 Å². The summed E-state index contributed by atoms with van der Waals surface area (Å²) in [5.74, 6) is 0.372. The van der Waals surface area contributed by atoms with Crippen molar-refractivity contribution in [1.82, 2.24) is 9.80 Å². The first-order chi connectivity index (χ1) is 11.1. The minimum absolute atomic E-state index is 0.0934. The van der Waals surface area contributed by atoms with Gasteiger partial charge in [0.05, 0.1) is 5.41 Å². The Morgan fingerprint density at radius 1 is 1.17 bits per heavy atom. The maximum absolute atomic E-state index is 12.9. The van der Waals surface area contributed by atoms with E-state index in [-0.39, 0.29) is 17.2 Å². The summed E-state index contributed by atoms with van der Waals surface area (Å²) in [6.07, 6.45) is 4.84. The number of nitrogens with zero attached hydrogens (tertiary/aromatic N) is 2. The molecule has 1 spiro atoms. The predicted octanol–water partition coefficient (Wildman–Crippen LogP) is 2.48. The Labute approximate surface area is 138 Å². The van der Waals surface area contributed by atoms with Crippen LogP contribution in [0.5, 0.6) is 0 Å². The highest BCUT2D eigenvalue weighted by molar-refractivity contribution is 5.85. The molecule has 0 N–H and O–H groups in total. The van der Waals surface area contributed by atoms with Gasteiger partial charge in [-0.15, -0.1) is 0 Å². The summed E-state index contributed by atoms with van der Waals surface area (Å²) in [7, 11) is 0. The molecule has 2 aliphatic rings. The molecular formula is C19H26N2O2. The Morgan fingerprint density at radius 3 is 2.65 bits per heavy atom. The van der Waals surface area contributed by atoms with Crippen LogP contribution in [0.1, 0.15) is 38.2 Å². The quantitative estimate of drug-likeness (QED) is 0.856. The van der Waals surface area contributed by atoms with Crippen molar-refractivity contribution in [3.63, 3.8) is 0 Å². The van der Waals surface area contributed by atoms with Crippen molar-refractivity contribution >= 4 is 11.8 Å². The molecule has 2 aliphatic heterocycles. The SMILES string of the molecule is CC(=O)N1CC[C@@]2(CCCN(CCCc3ccccc3)C2=O)C1. The third-order valence-electron chi connectivity index (χ3n) is 5.36. The fourth-order valence-electron chi connectivity index (χ4n) is 4.00. The maximum Gasteiger partial charge on any atom is 0.230 e. The second-order valence-corrected chi connectivity index (χ2v) is 6.96. The molecule has 4 nitrogen and oxygen atoms in total. The van der Waals surface area contributed by atoms with E-state index in [1.54, 1.807) is 6.92 Å². The van der Waals surface area contributed by atoms with E-state index in [1.807, 2.05) is 15.9 Å². The average Bonchev–Trinajstić information content (AvgIpc) is 2.98. The zero-order valence-electron chi connectivity index (χ0n) is 14.0. The number of aryl methyl sites for hydroxylation is 1. The third-order valence-corrected chi connectivity index (χ3v) is 5.36. The van der Waals surface area contributed by atoms with Crippen LogP contribution in [0.15, 0.2) is 30.3 Å². The van der Waals surface area contributed by atoms with E-state index >= 15 is 0 Å². The van der Waals surface area contributed by atoms with Crippen LogP contribution >= 0.6 is 0 Å². The molecule has 124 valence electrons. The van der Waals surface area contributed by atoms with Crippen molar-refractivity contribution in [2.24, 2.45) is 5.41 Å². The van der Waals surface area contributed by atoms with Crippen LogP contribution in [0.2, 0.25) is 0 Å². The number of carbonyl (C=O) groups excluding carboxylic acids is 2. The van der Waals surface area contributed by atoms with Gasteiger partial charge in [-0.05, 0) is 37.7 Å². The number of amides is 2. The third kappa shape index (κ3) is 3.41. The van der Waals surface area contributed by atoms with Gasteiger partial charge >= 0.3 is 0 Å². The number of likely N-dealkylation sites (tertiary alicyclic amines) is 2. The second-order valence-electron chi connectivity index (χ2n) is 6.96. The van der Waals surface area contributed by atoms with E-state index < -0.39 is 0 Å². The normalized spacial score (nSPS) is 24.5. The van der Waals surface area contributed by atoms with E-state index in [0.29, 0.717) is 6.54 Å². The van der Waals surface area contributed by atoms with Crippen molar-refractivity contribution < 1.29 is 9.59 Å². The highest BCUT2D eigenvalue weighted by Gasteiger charge is 2.48. The van der Waals surface area contributed by atoms with Crippen molar-refractivity contribution in [2.45, 2.75) is 39.0 Å². The Morgan fingerprint density at radius 2 is 1.96 bits per heavy atom. The van der Waals surface area contributed by atoms with Gasteiger partial charge in [0.2, 0.25) is 11.8 Å². The lowest BCUT2D eigenvalue weighted by Crippen LogP contribution is -2.50. The summed E-state index contributed by atoms with van der Waals surface area (Å²) < 4.78 is 0. The average molecular weight is 314 g/mol. The summed E-state index contributed by atoms with van der Waals surface area (Å²) in [6, 6.07) is 10.4. The Bertz CT molecular complexity index is 572. The largest absolute Gasteiger partial charge is 0.342 e. The van der Waals surface area contributed by atoms with E-state index in [0.717, 1.165) is 51.7 Å². The molecule has 1 aromatic rings. The summed E-state index contributed by atoms with van der Waals surface area (Å²) in [5, 5.41) is 0. The lowest BCUT2D eigenvalue weighted by atomic mass is 9.78. The van der Waals surface area contributed by atoms with Crippen LogP contribution in [0.4, 0.5) is 0 Å². The Hall–Kier alpha value is -1.84.